The molecule has 2 rings (SSSR count). The van der Waals surface area contributed by atoms with Gasteiger partial charge in [0.25, 0.3) is 0 Å². The van der Waals surface area contributed by atoms with E-state index in [0.29, 0.717) is 0 Å². The Hall–Kier alpha value is -0.860. The zero-order valence-electron chi connectivity index (χ0n) is 14.1. The summed E-state index contributed by atoms with van der Waals surface area (Å²) in [5.74, 6) is 0. The van der Waals surface area contributed by atoms with Crippen LogP contribution in [0.25, 0.3) is 0 Å². The highest BCUT2D eigenvalue weighted by atomic mass is 16.5. The van der Waals surface area contributed by atoms with Crippen LogP contribution in [-0.2, 0) is 10.2 Å². The first-order chi connectivity index (χ1) is 9.10. The molecule has 1 heterocycles. The van der Waals surface area contributed by atoms with Crippen molar-refractivity contribution in [2.75, 3.05) is 13.2 Å². The normalized spacial score (nSPS) is 22.9. The van der Waals surface area contributed by atoms with Crippen molar-refractivity contribution >= 4 is 0 Å². The highest BCUT2D eigenvalue weighted by Gasteiger charge is 2.29. The fourth-order valence-corrected chi connectivity index (χ4v) is 2.89. The van der Waals surface area contributed by atoms with Crippen molar-refractivity contribution < 1.29 is 4.74 Å². The van der Waals surface area contributed by atoms with Crippen molar-refractivity contribution in [3.05, 3.63) is 34.4 Å². The monoisotopic (exact) mass is 275 g/mol. The van der Waals surface area contributed by atoms with Crippen molar-refractivity contribution in [1.82, 2.24) is 5.32 Å². The van der Waals surface area contributed by atoms with Crippen LogP contribution in [0.4, 0.5) is 0 Å². The third kappa shape index (κ3) is 3.24. The molecule has 20 heavy (non-hydrogen) atoms. The van der Waals surface area contributed by atoms with Crippen molar-refractivity contribution in [3.63, 3.8) is 0 Å². The van der Waals surface area contributed by atoms with Gasteiger partial charge in [0.05, 0.1) is 12.7 Å². The maximum Gasteiger partial charge on any atom is 0.0955 e. The maximum atomic E-state index is 6.10. The Morgan fingerprint density at radius 3 is 2.10 bits per heavy atom. The van der Waals surface area contributed by atoms with Crippen LogP contribution in [-0.4, -0.2) is 18.7 Å². The molecule has 1 aromatic rings. The van der Waals surface area contributed by atoms with Crippen LogP contribution in [0.3, 0.4) is 0 Å². The minimum Gasteiger partial charge on any atom is -0.370 e. The number of aryl methyl sites for hydroxylation is 2. The van der Waals surface area contributed by atoms with Crippen LogP contribution >= 0.6 is 0 Å². The lowest BCUT2D eigenvalue weighted by Crippen LogP contribution is -2.50. The molecule has 2 nitrogen and oxygen atoms in total. The lowest BCUT2D eigenvalue weighted by molar-refractivity contribution is -0.0234. The fraction of sp³-hybridized carbons (Fsp3) is 0.667. The predicted octanol–water partition coefficient (Wildman–Crippen LogP) is 4.04. The highest BCUT2D eigenvalue weighted by molar-refractivity contribution is 5.42. The van der Waals surface area contributed by atoms with E-state index in [0.717, 1.165) is 13.2 Å². The minimum absolute atomic E-state index is 0.0870. The Morgan fingerprint density at radius 1 is 1.15 bits per heavy atom. The molecule has 1 fully saturated rings. The van der Waals surface area contributed by atoms with Gasteiger partial charge in [-0.2, -0.15) is 0 Å². The SMILES string of the molecule is Cc1cc(C(C)(C)C)cc(C)c1C1CNC(C)(C)CO1. The van der Waals surface area contributed by atoms with E-state index in [4.69, 9.17) is 4.74 Å². The molecule has 0 bridgehead atoms. The van der Waals surface area contributed by atoms with Gasteiger partial charge in [-0.15, -0.1) is 0 Å². The smallest absolute Gasteiger partial charge is 0.0955 e. The van der Waals surface area contributed by atoms with Crippen molar-refractivity contribution in [3.8, 4) is 0 Å². The Balaban J connectivity index is 2.30. The molecule has 1 unspecified atom stereocenters. The fourth-order valence-electron chi connectivity index (χ4n) is 2.89. The summed E-state index contributed by atoms with van der Waals surface area (Å²) in [4.78, 5) is 0. The summed E-state index contributed by atoms with van der Waals surface area (Å²) in [6, 6.07) is 4.65. The summed E-state index contributed by atoms with van der Waals surface area (Å²) in [6.07, 6.45) is 0.178. The van der Waals surface area contributed by atoms with E-state index in [1.807, 2.05) is 0 Å². The molecule has 0 radical (unpaired) electrons. The number of benzene rings is 1. The van der Waals surface area contributed by atoms with E-state index >= 15 is 0 Å². The maximum absolute atomic E-state index is 6.10. The zero-order chi connectivity index (χ0) is 15.1. The number of hydrogen-bond donors (Lipinski definition) is 1. The lowest BCUT2D eigenvalue weighted by atomic mass is 9.82. The van der Waals surface area contributed by atoms with E-state index in [9.17, 15) is 0 Å². The molecular formula is C18H29NO. The van der Waals surface area contributed by atoms with Gasteiger partial charge in [0.15, 0.2) is 0 Å². The first-order valence-corrected chi connectivity index (χ1v) is 7.58. The Bertz CT molecular complexity index is 464. The molecule has 0 aromatic heterocycles. The van der Waals surface area contributed by atoms with Gasteiger partial charge < -0.3 is 10.1 Å². The zero-order valence-corrected chi connectivity index (χ0v) is 14.1. The van der Waals surface area contributed by atoms with E-state index in [-0.39, 0.29) is 17.1 Å². The topological polar surface area (TPSA) is 21.3 Å². The molecule has 1 aromatic carbocycles. The molecule has 0 spiro atoms. The molecule has 2 heteroatoms. The van der Waals surface area contributed by atoms with Crippen LogP contribution in [0.2, 0.25) is 0 Å². The second-order valence-electron chi connectivity index (χ2n) is 7.84. The number of rotatable bonds is 1. The van der Waals surface area contributed by atoms with Gasteiger partial charge in [0.1, 0.15) is 0 Å². The van der Waals surface area contributed by atoms with Crippen molar-refractivity contribution in [2.24, 2.45) is 0 Å². The molecule has 1 atom stereocenters. The van der Waals surface area contributed by atoms with Gasteiger partial charge >= 0.3 is 0 Å². The molecule has 0 amide bonds. The molecular weight excluding hydrogens is 246 g/mol. The van der Waals surface area contributed by atoms with Gasteiger partial charge in [0.2, 0.25) is 0 Å². The summed E-state index contributed by atoms with van der Waals surface area (Å²) in [5.41, 5.74) is 5.75. The molecule has 0 aliphatic carbocycles. The minimum atomic E-state index is 0.0870. The number of morpholine rings is 1. The van der Waals surface area contributed by atoms with E-state index in [2.05, 4.69) is 65.9 Å². The van der Waals surface area contributed by atoms with Crippen LogP contribution < -0.4 is 5.32 Å². The Labute approximate surface area is 123 Å². The molecule has 0 saturated carbocycles. The van der Waals surface area contributed by atoms with Crippen LogP contribution in [0, 0.1) is 13.8 Å². The summed E-state index contributed by atoms with van der Waals surface area (Å²) >= 11 is 0. The predicted molar refractivity (Wildman–Crippen MR) is 85.4 cm³/mol. The summed E-state index contributed by atoms with van der Waals surface area (Å²) < 4.78 is 6.10. The summed E-state index contributed by atoms with van der Waals surface area (Å²) in [7, 11) is 0. The third-order valence-corrected chi connectivity index (χ3v) is 4.19. The van der Waals surface area contributed by atoms with Crippen molar-refractivity contribution in [2.45, 2.75) is 65.5 Å². The van der Waals surface area contributed by atoms with Crippen LogP contribution in [0.15, 0.2) is 12.1 Å². The second-order valence-corrected chi connectivity index (χ2v) is 7.84. The van der Waals surface area contributed by atoms with E-state index < -0.39 is 0 Å². The van der Waals surface area contributed by atoms with Crippen LogP contribution in [0.5, 0.6) is 0 Å². The molecule has 1 N–H and O–H groups in total. The number of nitrogens with one attached hydrogen (secondary N) is 1. The lowest BCUT2D eigenvalue weighted by Gasteiger charge is -2.37. The average Bonchev–Trinajstić information content (AvgIpc) is 2.29. The van der Waals surface area contributed by atoms with Gasteiger partial charge in [-0.05, 0) is 55.4 Å². The number of ether oxygens (including phenoxy) is 1. The summed E-state index contributed by atoms with van der Waals surface area (Å²) in [5, 5.41) is 3.58. The van der Waals surface area contributed by atoms with E-state index in [1.165, 1.54) is 22.3 Å². The van der Waals surface area contributed by atoms with Crippen molar-refractivity contribution in [1.29, 1.82) is 0 Å². The molecule has 112 valence electrons. The highest BCUT2D eigenvalue weighted by Crippen LogP contribution is 2.32. The largest absolute Gasteiger partial charge is 0.370 e. The first-order valence-electron chi connectivity index (χ1n) is 7.58. The van der Waals surface area contributed by atoms with Gasteiger partial charge in [-0.25, -0.2) is 0 Å². The van der Waals surface area contributed by atoms with E-state index in [1.54, 1.807) is 0 Å². The Morgan fingerprint density at radius 2 is 1.70 bits per heavy atom. The standard InChI is InChI=1S/C18H29NO/c1-12-8-14(17(3,4)5)9-13(2)16(12)15-10-19-18(6,7)11-20-15/h8-9,15,19H,10-11H2,1-7H3. The van der Waals surface area contributed by atoms with Gasteiger partial charge in [-0.3, -0.25) is 0 Å². The second kappa shape index (κ2) is 5.16. The molecule has 1 saturated heterocycles. The van der Waals surface area contributed by atoms with Crippen LogP contribution in [0.1, 0.15) is 63.0 Å². The summed E-state index contributed by atoms with van der Waals surface area (Å²) in [6.45, 7) is 17.2. The quantitative estimate of drug-likeness (QED) is 0.835. The number of hydrogen-bond acceptors (Lipinski definition) is 2. The molecule has 1 aliphatic heterocycles. The van der Waals surface area contributed by atoms with Gasteiger partial charge in [-0.1, -0.05) is 32.9 Å². The molecule has 1 aliphatic rings. The first kappa shape index (κ1) is 15.5. The third-order valence-electron chi connectivity index (χ3n) is 4.19. The average molecular weight is 275 g/mol. The Kier molecular flexibility index (Phi) is 4.01. The van der Waals surface area contributed by atoms with Gasteiger partial charge in [0, 0.05) is 12.1 Å².